The first kappa shape index (κ1) is 18.5. The van der Waals surface area contributed by atoms with Crippen molar-refractivity contribution in [3.05, 3.63) is 28.2 Å². The minimum absolute atomic E-state index is 0. The second-order valence-electron chi connectivity index (χ2n) is 5.10. The molecule has 0 spiro atoms. The van der Waals surface area contributed by atoms with Gasteiger partial charge in [-0.25, -0.2) is 0 Å². The van der Waals surface area contributed by atoms with Gasteiger partial charge < -0.3 is 16.0 Å². The van der Waals surface area contributed by atoms with Gasteiger partial charge in [-0.15, -0.1) is 12.4 Å². The van der Waals surface area contributed by atoms with Crippen LogP contribution in [0.2, 0.25) is 10.0 Å². The number of likely N-dealkylation sites (tertiary alicyclic amines) is 1. The number of hydrogen-bond donors (Lipinski definition) is 2. The molecule has 1 aliphatic rings. The minimum atomic E-state index is -0.0841. The molecule has 2 rings (SSSR count). The SMILES string of the molecule is Cl.NC1CCCN(CCC(=O)Nc2c(Cl)cccc2Cl)C1. The van der Waals surface area contributed by atoms with Crippen molar-refractivity contribution in [2.45, 2.75) is 25.3 Å². The van der Waals surface area contributed by atoms with E-state index in [1.165, 1.54) is 0 Å². The number of nitrogens with zero attached hydrogens (tertiary/aromatic N) is 1. The predicted molar refractivity (Wildman–Crippen MR) is 90.6 cm³/mol. The molecule has 21 heavy (non-hydrogen) atoms. The second-order valence-corrected chi connectivity index (χ2v) is 5.91. The number of carbonyl (C=O) groups excluding carboxylic acids is 1. The van der Waals surface area contributed by atoms with Crippen molar-refractivity contribution in [1.29, 1.82) is 0 Å². The number of amides is 1. The Morgan fingerprint density at radius 1 is 1.38 bits per heavy atom. The Hall–Kier alpha value is -0.520. The minimum Gasteiger partial charge on any atom is -0.327 e. The Bertz CT molecular complexity index is 464. The monoisotopic (exact) mass is 351 g/mol. The van der Waals surface area contributed by atoms with E-state index in [-0.39, 0.29) is 24.4 Å². The van der Waals surface area contributed by atoms with E-state index in [4.69, 9.17) is 28.9 Å². The largest absolute Gasteiger partial charge is 0.327 e. The van der Waals surface area contributed by atoms with Crippen LogP contribution in [0.15, 0.2) is 18.2 Å². The maximum absolute atomic E-state index is 12.0. The van der Waals surface area contributed by atoms with Crippen LogP contribution in [-0.4, -0.2) is 36.5 Å². The van der Waals surface area contributed by atoms with Gasteiger partial charge in [-0.1, -0.05) is 29.3 Å². The fourth-order valence-corrected chi connectivity index (χ4v) is 2.87. The Kier molecular flexibility index (Phi) is 7.77. The highest BCUT2D eigenvalue weighted by Crippen LogP contribution is 2.29. The molecule has 1 unspecified atom stereocenters. The normalized spacial score (nSPS) is 18.9. The number of nitrogens with one attached hydrogen (secondary N) is 1. The molecule has 7 heteroatoms. The summed E-state index contributed by atoms with van der Waals surface area (Å²) >= 11 is 12.0. The molecule has 0 bridgehead atoms. The zero-order valence-corrected chi connectivity index (χ0v) is 14.0. The number of halogens is 3. The summed E-state index contributed by atoms with van der Waals surface area (Å²) in [6, 6.07) is 5.37. The van der Waals surface area contributed by atoms with Crippen molar-refractivity contribution in [3.8, 4) is 0 Å². The van der Waals surface area contributed by atoms with Crippen LogP contribution in [0.25, 0.3) is 0 Å². The number of benzene rings is 1. The summed E-state index contributed by atoms with van der Waals surface area (Å²) in [7, 11) is 0. The van der Waals surface area contributed by atoms with Gasteiger partial charge in [0.25, 0.3) is 0 Å². The first-order chi connectivity index (χ1) is 9.56. The quantitative estimate of drug-likeness (QED) is 0.875. The molecular weight excluding hydrogens is 333 g/mol. The van der Waals surface area contributed by atoms with Crippen LogP contribution in [0.4, 0.5) is 5.69 Å². The van der Waals surface area contributed by atoms with E-state index < -0.39 is 0 Å². The summed E-state index contributed by atoms with van der Waals surface area (Å²) in [6.07, 6.45) is 2.57. The van der Waals surface area contributed by atoms with Crippen LogP contribution in [0.3, 0.4) is 0 Å². The lowest BCUT2D eigenvalue weighted by Gasteiger charge is -2.30. The smallest absolute Gasteiger partial charge is 0.225 e. The van der Waals surface area contributed by atoms with Gasteiger partial charge in [0.05, 0.1) is 15.7 Å². The van der Waals surface area contributed by atoms with Gasteiger partial charge in [0.1, 0.15) is 0 Å². The van der Waals surface area contributed by atoms with E-state index in [0.29, 0.717) is 28.7 Å². The molecule has 118 valence electrons. The third-order valence-electron chi connectivity index (χ3n) is 3.42. The van der Waals surface area contributed by atoms with E-state index in [2.05, 4.69) is 10.2 Å². The molecule has 0 radical (unpaired) electrons. The van der Waals surface area contributed by atoms with Crippen molar-refractivity contribution in [2.24, 2.45) is 5.73 Å². The highest BCUT2D eigenvalue weighted by molar-refractivity contribution is 6.39. The maximum Gasteiger partial charge on any atom is 0.225 e. The molecule has 1 atom stereocenters. The van der Waals surface area contributed by atoms with Gasteiger partial charge in [-0.2, -0.15) is 0 Å². The number of rotatable bonds is 4. The van der Waals surface area contributed by atoms with Crippen LogP contribution in [0, 0.1) is 0 Å². The highest BCUT2D eigenvalue weighted by Gasteiger charge is 2.17. The van der Waals surface area contributed by atoms with Crippen LogP contribution in [0.1, 0.15) is 19.3 Å². The molecule has 1 aromatic rings. The average molecular weight is 353 g/mol. The third-order valence-corrected chi connectivity index (χ3v) is 4.05. The molecular formula is C14H20Cl3N3O. The molecule has 3 N–H and O–H groups in total. The molecule has 1 amide bonds. The van der Waals surface area contributed by atoms with E-state index >= 15 is 0 Å². The number of para-hydroxylation sites is 1. The second kappa shape index (κ2) is 8.81. The van der Waals surface area contributed by atoms with Crippen LogP contribution in [-0.2, 0) is 4.79 Å². The van der Waals surface area contributed by atoms with Gasteiger partial charge in [0.15, 0.2) is 0 Å². The van der Waals surface area contributed by atoms with E-state index in [0.717, 1.165) is 25.9 Å². The van der Waals surface area contributed by atoms with Crippen LogP contribution < -0.4 is 11.1 Å². The van der Waals surface area contributed by atoms with Gasteiger partial charge in [0.2, 0.25) is 5.91 Å². The maximum atomic E-state index is 12.0. The highest BCUT2D eigenvalue weighted by atomic mass is 35.5. The number of anilines is 1. The molecule has 1 fully saturated rings. The van der Waals surface area contributed by atoms with E-state index in [1.54, 1.807) is 18.2 Å². The van der Waals surface area contributed by atoms with Crippen molar-refractivity contribution in [1.82, 2.24) is 4.90 Å². The average Bonchev–Trinajstić information content (AvgIpc) is 2.41. The third kappa shape index (κ3) is 5.64. The summed E-state index contributed by atoms with van der Waals surface area (Å²) in [6.45, 7) is 2.58. The van der Waals surface area contributed by atoms with Crippen molar-refractivity contribution >= 4 is 47.2 Å². The standard InChI is InChI=1S/C14H19Cl2N3O.ClH/c15-11-4-1-5-12(16)14(11)18-13(20)6-8-19-7-2-3-10(17)9-19;/h1,4-5,10H,2-3,6-9,17H2,(H,18,20);1H. The summed E-state index contributed by atoms with van der Waals surface area (Å²) < 4.78 is 0. The first-order valence-corrected chi connectivity index (χ1v) is 7.53. The lowest BCUT2D eigenvalue weighted by molar-refractivity contribution is -0.116. The number of hydrogen-bond acceptors (Lipinski definition) is 3. The molecule has 0 saturated carbocycles. The number of piperidine rings is 1. The lowest BCUT2D eigenvalue weighted by Crippen LogP contribution is -2.43. The molecule has 1 aliphatic heterocycles. The molecule has 4 nitrogen and oxygen atoms in total. The zero-order valence-electron chi connectivity index (χ0n) is 11.6. The van der Waals surface area contributed by atoms with Crippen molar-refractivity contribution < 1.29 is 4.79 Å². The fourth-order valence-electron chi connectivity index (χ4n) is 2.37. The van der Waals surface area contributed by atoms with Gasteiger partial charge in [-0.05, 0) is 31.5 Å². The van der Waals surface area contributed by atoms with Crippen molar-refractivity contribution in [2.75, 3.05) is 25.0 Å². The predicted octanol–water partition coefficient (Wildman–Crippen LogP) is 3.17. The van der Waals surface area contributed by atoms with Crippen molar-refractivity contribution in [3.63, 3.8) is 0 Å². The van der Waals surface area contributed by atoms with Gasteiger partial charge >= 0.3 is 0 Å². The Balaban J connectivity index is 0.00000220. The summed E-state index contributed by atoms with van der Waals surface area (Å²) in [5.41, 5.74) is 6.40. The summed E-state index contributed by atoms with van der Waals surface area (Å²) in [5.74, 6) is -0.0841. The molecule has 1 aromatic carbocycles. The topological polar surface area (TPSA) is 58.4 Å². The van der Waals surface area contributed by atoms with Gasteiger partial charge in [0, 0.05) is 25.6 Å². The molecule has 1 heterocycles. The van der Waals surface area contributed by atoms with Crippen LogP contribution >= 0.6 is 35.6 Å². The summed E-state index contributed by atoms with van der Waals surface area (Å²) in [5, 5.41) is 3.67. The van der Waals surface area contributed by atoms with E-state index in [1.807, 2.05) is 0 Å². The zero-order chi connectivity index (χ0) is 14.5. The van der Waals surface area contributed by atoms with Crippen LogP contribution in [0.5, 0.6) is 0 Å². The summed E-state index contributed by atoms with van der Waals surface area (Å²) in [4.78, 5) is 14.2. The van der Waals surface area contributed by atoms with Gasteiger partial charge in [-0.3, -0.25) is 4.79 Å². The Labute approximate surface area is 141 Å². The number of nitrogens with two attached hydrogens (primary N) is 1. The molecule has 0 aliphatic carbocycles. The van der Waals surface area contributed by atoms with E-state index in [9.17, 15) is 4.79 Å². The Morgan fingerprint density at radius 2 is 2.05 bits per heavy atom. The fraction of sp³-hybridized carbons (Fsp3) is 0.500. The first-order valence-electron chi connectivity index (χ1n) is 6.78. The number of carbonyl (C=O) groups is 1. The Morgan fingerprint density at radius 3 is 2.67 bits per heavy atom. The molecule has 0 aromatic heterocycles. The lowest BCUT2D eigenvalue weighted by atomic mass is 10.1. The molecule has 1 saturated heterocycles.